The Morgan fingerprint density at radius 2 is 1.92 bits per heavy atom. The molecule has 4 rings (SSSR count). The monoisotopic (exact) mass is 327 g/mol. The number of fused-ring (bicyclic) bond motifs is 2. The first-order valence-corrected chi connectivity index (χ1v) is 7.85. The molecule has 6 heteroatoms. The smallest absolute Gasteiger partial charge is 0.272 e. The van der Waals surface area contributed by atoms with Crippen LogP contribution in [0.2, 0.25) is 0 Å². The number of rotatable bonds is 2. The van der Waals surface area contributed by atoms with Gasteiger partial charge in [-0.05, 0) is 61.2 Å². The summed E-state index contributed by atoms with van der Waals surface area (Å²) in [7, 11) is 0. The summed E-state index contributed by atoms with van der Waals surface area (Å²) in [4.78, 5) is 10.7. The van der Waals surface area contributed by atoms with Gasteiger partial charge in [-0.1, -0.05) is 0 Å². The molecule has 0 N–H and O–H groups in total. The maximum absolute atomic E-state index is 11.0. The summed E-state index contributed by atoms with van der Waals surface area (Å²) in [5, 5.41) is 11.0. The van der Waals surface area contributed by atoms with Crippen LogP contribution in [-0.4, -0.2) is 17.8 Å². The highest BCUT2D eigenvalue weighted by atomic mass is 16.7. The summed E-state index contributed by atoms with van der Waals surface area (Å²) in [6, 6.07) is 9.12. The molecule has 2 heterocycles. The SMILES string of the molecule is Cc1cc(C2OC(C)Cc3cc4c(cc32)OCO4)ccc1[N+](=O)[O-]. The van der Waals surface area contributed by atoms with Gasteiger partial charge >= 0.3 is 0 Å². The first-order valence-electron chi connectivity index (χ1n) is 7.85. The molecule has 124 valence electrons. The average molecular weight is 327 g/mol. The van der Waals surface area contributed by atoms with E-state index in [1.165, 1.54) is 5.56 Å². The molecule has 0 bridgehead atoms. The fourth-order valence-corrected chi connectivity index (χ4v) is 3.39. The third-order valence-corrected chi connectivity index (χ3v) is 4.51. The second kappa shape index (κ2) is 5.49. The van der Waals surface area contributed by atoms with E-state index in [9.17, 15) is 10.1 Å². The minimum atomic E-state index is -0.366. The Labute approximate surface area is 139 Å². The van der Waals surface area contributed by atoms with E-state index in [0.717, 1.165) is 29.0 Å². The molecule has 0 aromatic heterocycles. The maximum Gasteiger partial charge on any atom is 0.272 e. The zero-order chi connectivity index (χ0) is 16.8. The van der Waals surface area contributed by atoms with Crippen LogP contribution in [0.3, 0.4) is 0 Å². The van der Waals surface area contributed by atoms with Gasteiger partial charge in [0.15, 0.2) is 11.5 Å². The predicted octanol–water partition coefficient (Wildman–Crippen LogP) is 3.68. The lowest BCUT2D eigenvalue weighted by Gasteiger charge is -2.31. The van der Waals surface area contributed by atoms with Gasteiger partial charge in [-0.15, -0.1) is 0 Å². The van der Waals surface area contributed by atoms with Crippen LogP contribution in [0.4, 0.5) is 5.69 Å². The van der Waals surface area contributed by atoms with Gasteiger partial charge in [0, 0.05) is 11.6 Å². The van der Waals surface area contributed by atoms with Gasteiger partial charge in [-0.3, -0.25) is 10.1 Å². The van der Waals surface area contributed by atoms with E-state index >= 15 is 0 Å². The molecular weight excluding hydrogens is 310 g/mol. The fraction of sp³-hybridized carbons (Fsp3) is 0.333. The van der Waals surface area contributed by atoms with Gasteiger partial charge in [0.2, 0.25) is 6.79 Å². The molecule has 0 saturated heterocycles. The molecule has 2 unspecified atom stereocenters. The number of hydrogen-bond acceptors (Lipinski definition) is 5. The molecule has 0 fully saturated rings. The average Bonchev–Trinajstić information content (AvgIpc) is 2.98. The van der Waals surface area contributed by atoms with Crippen molar-refractivity contribution in [3.63, 3.8) is 0 Å². The van der Waals surface area contributed by atoms with E-state index < -0.39 is 0 Å². The lowest BCUT2D eigenvalue weighted by Crippen LogP contribution is -2.24. The van der Waals surface area contributed by atoms with Crippen molar-refractivity contribution in [2.75, 3.05) is 6.79 Å². The summed E-state index contributed by atoms with van der Waals surface area (Å²) >= 11 is 0. The third kappa shape index (κ3) is 2.39. The quantitative estimate of drug-likeness (QED) is 0.621. The predicted molar refractivity (Wildman–Crippen MR) is 86.5 cm³/mol. The minimum Gasteiger partial charge on any atom is -0.454 e. The molecule has 0 saturated carbocycles. The van der Waals surface area contributed by atoms with E-state index in [2.05, 4.69) is 0 Å². The number of nitrogens with zero attached hydrogens (tertiary/aromatic N) is 1. The highest BCUT2D eigenvalue weighted by molar-refractivity contribution is 5.53. The molecule has 2 aromatic carbocycles. The molecular formula is C18H17NO5. The topological polar surface area (TPSA) is 70.8 Å². The van der Waals surface area contributed by atoms with Gasteiger partial charge in [-0.2, -0.15) is 0 Å². The second-order valence-electron chi connectivity index (χ2n) is 6.24. The molecule has 0 aliphatic carbocycles. The molecule has 0 radical (unpaired) electrons. The lowest BCUT2D eigenvalue weighted by atomic mass is 9.89. The number of nitro benzene ring substituents is 1. The van der Waals surface area contributed by atoms with Gasteiger partial charge in [0.1, 0.15) is 6.10 Å². The van der Waals surface area contributed by atoms with Crippen LogP contribution in [0, 0.1) is 17.0 Å². The van der Waals surface area contributed by atoms with Crippen molar-refractivity contribution in [1.82, 2.24) is 0 Å². The van der Waals surface area contributed by atoms with Crippen LogP contribution in [0.1, 0.15) is 35.3 Å². The van der Waals surface area contributed by atoms with E-state index in [1.807, 2.05) is 25.1 Å². The van der Waals surface area contributed by atoms with Crippen molar-refractivity contribution >= 4 is 5.69 Å². The van der Waals surface area contributed by atoms with E-state index in [-0.39, 0.29) is 29.6 Å². The zero-order valence-corrected chi connectivity index (χ0v) is 13.4. The van der Waals surface area contributed by atoms with Gasteiger partial charge in [-0.25, -0.2) is 0 Å². The number of ether oxygens (including phenoxy) is 3. The highest BCUT2D eigenvalue weighted by Gasteiger charge is 2.30. The van der Waals surface area contributed by atoms with Gasteiger partial charge in [0.05, 0.1) is 11.0 Å². The summed E-state index contributed by atoms with van der Waals surface area (Å²) in [6.45, 7) is 4.00. The summed E-state index contributed by atoms with van der Waals surface area (Å²) in [5.41, 5.74) is 3.85. The second-order valence-corrected chi connectivity index (χ2v) is 6.24. The van der Waals surface area contributed by atoms with Crippen LogP contribution >= 0.6 is 0 Å². The molecule has 0 spiro atoms. The Morgan fingerprint density at radius 3 is 2.62 bits per heavy atom. The van der Waals surface area contributed by atoms with E-state index in [0.29, 0.717) is 5.56 Å². The van der Waals surface area contributed by atoms with Crippen molar-refractivity contribution in [3.8, 4) is 11.5 Å². The molecule has 24 heavy (non-hydrogen) atoms. The molecule has 2 atom stereocenters. The van der Waals surface area contributed by atoms with Crippen molar-refractivity contribution in [3.05, 3.63) is 62.7 Å². The van der Waals surface area contributed by atoms with Gasteiger partial charge in [0.25, 0.3) is 5.69 Å². The van der Waals surface area contributed by atoms with E-state index in [4.69, 9.17) is 14.2 Å². The van der Waals surface area contributed by atoms with E-state index in [1.54, 1.807) is 19.1 Å². The first kappa shape index (κ1) is 15.0. The Bertz CT molecular complexity index is 832. The Hall–Kier alpha value is -2.60. The first-order chi connectivity index (χ1) is 11.5. The van der Waals surface area contributed by atoms with Crippen LogP contribution < -0.4 is 9.47 Å². The van der Waals surface area contributed by atoms with Crippen molar-refractivity contribution in [1.29, 1.82) is 0 Å². The largest absolute Gasteiger partial charge is 0.454 e. The number of aryl methyl sites for hydroxylation is 1. The van der Waals surface area contributed by atoms with Crippen LogP contribution in [0.5, 0.6) is 11.5 Å². The third-order valence-electron chi connectivity index (χ3n) is 4.51. The Balaban J connectivity index is 1.80. The minimum absolute atomic E-state index is 0.0540. The lowest BCUT2D eigenvalue weighted by molar-refractivity contribution is -0.385. The molecule has 2 aliphatic heterocycles. The Morgan fingerprint density at radius 1 is 1.17 bits per heavy atom. The van der Waals surface area contributed by atoms with Crippen LogP contribution in [0.25, 0.3) is 0 Å². The summed E-state index contributed by atoms with van der Waals surface area (Å²) in [6.07, 6.45) is 0.588. The summed E-state index contributed by atoms with van der Waals surface area (Å²) < 4.78 is 17.1. The normalized spacial score (nSPS) is 21.4. The fourth-order valence-electron chi connectivity index (χ4n) is 3.39. The van der Waals surface area contributed by atoms with Crippen molar-refractivity contribution in [2.24, 2.45) is 0 Å². The summed E-state index contributed by atoms with van der Waals surface area (Å²) in [5.74, 6) is 1.48. The standard InChI is InChI=1S/C18H17NO5/c1-10-5-12(3-4-15(10)19(20)21)18-14-8-17-16(22-9-23-17)7-13(14)6-11(2)24-18/h3-5,7-8,11,18H,6,9H2,1-2H3. The molecule has 2 aliphatic rings. The number of hydrogen-bond donors (Lipinski definition) is 0. The highest BCUT2D eigenvalue weighted by Crippen LogP contribution is 2.43. The number of nitro groups is 1. The molecule has 2 aromatic rings. The van der Waals surface area contributed by atoms with Crippen molar-refractivity contribution < 1.29 is 19.1 Å². The molecule has 0 amide bonds. The van der Waals surface area contributed by atoms with Crippen LogP contribution in [0.15, 0.2) is 30.3 Å². The molecule has 6 nitrogen and oxygen atoms in total. The van der Waals surface area contributed by atoms with Gasteiger partial charge < -0.3 is 14.2 Å². The van der Waals surface area contributed by atoms with Crippen molar-refractivity contribution in [2.45, 2.75) is 32.5 Å². The zero-order valence-electron chi connectivity index (χ0n) is 13.4. The van der Waals surface area contributed by atoms with Crippen LogP contribution in [-0.2, 0) is 11.2 Å². The maximum atomic E-state index is 11.0. The Kier molecular flexibility index (Phi) is 3.42. The number of benzene rings is 2.